The van der Waals surface area contributed by atoms with Crippen LogP contribution in [0.4, 0.5) is 5.69 Å². The van der Waals surface area contributed by atoms with Gasteiger partial charge in [-0.15, -0.1) is 0 Å². The number of rotatable bonds is 7. The first-order chi connectivity index (χ1) is 14.6. The number of nitrogens with zero attached hydrogens (tertiary/aromatic N) is 1. The molecule has 0 saturated heterocycles. The molecule has 0 radical (unpaired) electrons. The zero-order valence-electron chi connectivity index (χ0n) is 17.0. The van der Waals surface area contributed by atoms with Gasteiger partial charge in [-0.3, -0.25) is 14.6 Å². The number of benzene rings is 1. The highest BCUT2D eigenvalue weighted by Gasteiger charge is 2.51. The summed E-state index contributed by atoms with van der Waals surface area (Å²) >= 11 is 0. The first-order valence-corrected chi connectivity index (χ1v) is 9.98. The molecule has 0 aliphatic heterocycles. The van der Waals surface area contributed by atoms with Crippen molar-refractivity contribution in [3.05, 3.63) is 60.4 Å². The molecule has 2 aliphatic carbocycles. The maximum atomic E-state index is 13.2. The SMILES string of the molecule is COc1ccc(OC)c(NC(=O)[C@@H]2[C@@H](C(=O)NCc3cccnc3)[C@@H]3C=C[C@@H]2C3)c1. The standard InChI is InChI=1S/C23H25N3O4/c1-29-17-7-8-19(30-2)18(11-17)26-23(28)21-16-6-5-15(10-16)20(21)22(27)25-13-14-4-3-9-24-12-14/h3-9,11-12,15-16,20-21H,10,13H2,1-2H3,(H,25,27)(H,26,28)/t15-,16-,20+,21+/m1/s1. The summed E-state index contributed by atoms with van der Waals surface area (Å²) in [7, 11) is 3.11. The van der Waals surface area contributed by atoms with Gasteiger partial charge in [0.15, 0.2) is 0 Å². The Balaban J connectivity index is 1.50. The molecule has 4 rings (SSSR count). The van der Waals surface area contributed by atoms with Crippen LogP contribution in [0.3, 0.4) is 0 Å². The minimum Gasteiger partial charge on any atom is -0.497 e. The van der Waals surface area contributed by atoms with E-state index in [2.05, 4.69) is 27.8 Å². The van der Waals surface area contributed by atoms with Crippen LogP contribution in [0.1, 0.15) is 12.0 Å². The fourth-order valence-corrected chi connectivity index (χ4v) is 4.47. The maximum absolute atomic E-state index is 13.2. The number of hydrogen-bond acceptors (Lipinski definition) is 5. The smallest absolute Gasteiger partial charge is 0.229 e. The van der Waals surface area contributed by atoms with Gasteiger partial charge in [-0.05, 0) is 42.0 Å². The molecule has 2 aliphatic rings. The first-order valence-electron chi connectivity index (χ1n) is 9.98. The van der Waals surface area contributed by atoms with Gasteiger partial charge in [0.25, 0.3) is 0 Å². The molecule has 156 valence electrons. The van der Waals surface area contributed by atoms with Crippen LogP contribution in [0.25, 0.3) is 0 Å². The van der Waals surface area contributed by atoms with Gasteiger partial charge in [0, 0.05) is 25.0 Å². The molecule has 7 nitrogen and oxygen atoms in total. The third-order valence-corrected chi connectivity index (χ3v) is 5.92. The molecular weight excluding hydrogens is 382 g/mol. The molecule has 0 spiro atoms. The van der Waals surface area contributed by atoms with Crippen LogP contribution in [-0.4, -0.2) is 31.0 Å². The Morgan fingerprint density at radius 3 is 2.50 bits per heavy atom. The third kappa shape index (κ3) is 3.87. The number of carbonyl (C=O) groups is 2. The van der Waals surface area contributed by atoms with Gasteiger partial charge in [-0.2, -0.15) is 0 Å². The summed E-state index contributed by atoms with van der Waals surface area (Å²) in [5, 5.41) is 5.93. The number of nitrogens with one attached hydrogen (secondary N) is 2. The fraction of sp³-hybridized carbons (Fsp3) is 0.348. The predicted octanol–water partition coefficient (Wildman–Crippen LogP) is 2.79. The maximum Gasteiger partial charge on any atom is 0.229 e. The number of ether oxygens (including phenoxy) is 2. The Kier molecular flexibility index (Phi) is 5.70. The number of allylic oxidation sites excluding steroid dienone is 2. The van der Waals surface area contributed by atoms with E-state index in [4.69, 9.17) is 9.47 Å². The quantitative estimate of drug-likeness (QED) is 0.689. The Morgan fingerprint density at radius 1 is 1.07 bits per heavy atom. The number of fused-ring (bicyclic) bond motifs is 2. The summed E-state index contributed by atoms with van der Waals surface area (Å²) in [6, 6.07) is 8.97. The second kappa shape index (κ2) is 8.57. The minimum atomic E-state index is -0.426. The summed E-state index contributed by atoms with van der Waals surface area (Å²) in [5.74, 6) is 0.184. The molecule has 2 N–H and O–H groups in total. The largest absolute Gasteiger partial charge is 0.497 e. The summed E-state index contributed by atoms with van der Waals surface area (Å²) in [5.41, 5.74) is 1.45. The highest BCUT2D eigenvalue weighted by atomic mass is 16.5. The number of methoxy groups -OCH3 is 2. The van der Waals surface area contributed by atoms with Crippen molar-refractivity contribution in [2.24, 2.45) is 23.7 Å². The number of carbonyl (C=O) groups excluding carboxylic acids is 2. The lowest BCUT2D eigenvalue weighted by Crippen LogP contribution is -2.41. The van der Waals surface area contributed by atoms with Crippen molar-refractivity contribution in [2.45, 2.75) is 13.0 Å². The van der Waals surface area contributed by atoms with Crippen LogP contribution in [0.5, 0.6) is 11.5 Å². The van der Waals surface area contributed by atoms with Gasteiger partial charge >= 0.3 is 0 Å². The molecule has 4 atom stereocenters. The van der Waals surface area contributed by atoms with Crippen molar-refractivity contribution < 1.29 is 19.1 Å². The van der Waals surface area contributed by atoms with Gasteiger partial charge in [-0.25, -0.2) is 0 Å². The van der Waals surface area contributed by atoms with Crippen LogP contribution >= 0.6 is 0 Å². The Hall–Kier alpha value is -3.35. The Bertz CT molecular complexity index is 960. The summed E-state index contributed by atoms with van der Waals surface area (Å²) in [6.45, 7) is 0.391. The molecule has 7 heteroatoms. The summed E-state index contributed by atoms with van der Waals surface area (Å²) in [4.78, 5) is 30.3. The molecular formula is C23H25N3O4. The number of amides is 2. The van der Waals surface area contributed by atoms with Crippen molar-refractivity contribution in [3.8, 4) is 11.5 Å². The van der Waals surface area contributed by atoms with Gasteiger partial charge in [0.2, 0.25) is 11.8 Å². The molecule has 1 aromatic heterocycles. The molecule has 1 fully saturated rings. The van der Waals surface area contributed by atoms with Gasteiger partial charge < -0.3 is 20.1 Å². The molecule has 30 heavy (non-hydrogen) atoms. The average Bonchev–Trinajstić information content (AvgIpc) is 3.40. The van der Waals surface area contributed by atoms with E-state index in [0.717, 1.165) is 12.0 Å². The minimum absolute atomic E-state index is 0.0562. The van der Waals surface area contributed by atoms with E-state index in [9.17, 15) is 9.59 Å². The van der Waals surface area contributed by atoms with Crippen LogP contribution in [-0.2, 0) is 16.1 Å². The number of hydrogen-bond donors (Lipinski definition) is 2. The number of pyridine rings is 1. The highest BCUT2D eigenvalue weighted by Crippen LogP contribution is 2.48. The second-order valence-corrected chi connectivity index (χ2v) is 7.63. The van der Waals surface area contributed by atoms with Crippen LogP contribution in [0.15, 0.2) is 54.9 Å². The second-order valence-electron chi connectivity index (χ2n) is 7.63. The van der Waals surface area contributed by atoms with E-state index in [1.165, 1.54) is 0 Å². The molecule has 2 amide bonds. The monoisotopic (exact) mass is 407 g/mol. The zero-order valence-corrected chi connectivity index (χ0v) is 17.0. The van der Waals surface area contributed by atoms with E-state index in [1.54, 1.807) is 44.8 Å². The van der Waals surface area contributed by atoms with Crippen molar-refractivity contribution >= 4 is 17.5 Å². The van der Waals surface area contributed by atoms with Gasteiger partial charge in [0.1, 0.15) is 11.5 Å². The van der Waals surface area contributed by atoms with E-state index in [0.29, 0.717) is 23.7 Å². The summed E-state index contributed by atoms with van der Waals surface area (Å²) in [6.07, 6.45) is 8.36. The van der Waals surface area contributed by atoms with Crippen molar-refractivity contribution in [1.29, 1.82) is 0 Å². The lowest BCUT2D eigenvalue weighted by atomic mass is 9.81. The molecule has 2 bridgehead atoms. The van der Waals surface area contributed by atoms with Gasteiger partial charge in [-0.1, -0.05) is 18.2 Å². The lowest BCUT2D eigenvalue weighted by Gasteiger charge is -2.26. The normalized spacial score (nSPS) is 23.8. The first kappa shape index (κ1) is 19.9. The molecule has 0 unspecified atom stereocenters. The average molecular weight is 407 g/mol. The molecule has 1 heterocycles. The molecule has 1 aromatic carbocycles. The van der Waals surface area contributed by atoms with Crippen molar-refractivity contribution in [3.63, 3.8) is 0 Å². The van der Waals surface area contributed by atoms with E-state index >= 15 is 0 Å². The van der Waals surface area contributed by atoms with Crippen LogP contribution in [0.2, 0.25) is 0 Å². The van der Waals surface area contributed by atoms with Crippen molar-refractivity contribution in [2.75, 3.05) is 19.5 Å². The van der Waals surface area contributed by atoms with Crippen molar-refractivity contribution in [1.82, 2.24) is 10.3 Å². The molecule has 2 aromatic rings. The zero-order chi connectivity index (χ0) is 21.1. The fourth-order valence-electron chi connectivity index (χ4n) is 4.47. The topological polar surface area (TPSA) is 89.5 Å². The van der Waals surface area contributed by atoms with E-state index in [1.807, 2.05) is 12.1 Å². The van der Waals surface area contributed by atoms with Crippen LogP contribution < -0.4 is 20.1 Å². The Morgan fingerprint density at radius 2 is 1.83 bits per heavy atom. The molecule has 1 saturated carbocycles. The van der Waals surface area contributed by atoms with E-state index < -0.39 is 11.8 Å². The number of aromatic nitrogens is 1. The summed E-state index contributed by atoms with van der Waals surface area (Å²) < 4.78 is 10.6. The van der Waals surface area contributed by atoms with Gasteiger partial charge in [0.05, 0.1) is 31.7 Å². The van der Waals surface area contributed by atoms with E-state index in [-0.39, 0.29) is 23.7 Å². The predicted molar refractivity (Wildman–Crippen MR) is 112 cm³/mol. The van der Waals surface area contributed by atoms with Crippen LogP contribution in [0, 0.1) is 23.7 Å². The Labute approximate surface area is 175 Å². The third-order valence-electron chi connectivity index (χ3n) is 5.92. The lowest BCUT2D eigenvalue weighted by molar-refractivity contribution is -0.133. The number of anilines is 1. The highest BCUT2D eigenvalue weighted by molar-refractivity contribution is 5.98.